The van der Waals surface area contributed by atoms with Gasteiger partial charge in [0.1, 0.15) is 0 Å². The Bertz CT molecular complexity index is 580. The van der Waals surface area contributed by atoms with Gasteiger partial charge in [0.2, 0.25) is 5.91 Å². The Hall–Kier alpha value is -1.43. The number of nitrogens with zero attached hydrogens (tertiary/aromatic N) is 1. The van der Waals surface area contributed by atoms with Gasteiger partial charge in [-0.1, -0.05) is 50.1 Å². The minimum absolute atomic E-state index is 0.0831. The molecule has 4 atom stereocenters. The quantitative estimate of drug-likeness (QED) is 0.687. The van der Waals surface area contributed by atoms with Crippen molar-refractivity contribution in [2.75, 3.05) is 39.3 Å². The molecule has 27 heavy (non-hydrogen) atoms. The topological polar surface area (TPSA) is 67.6 Å². The summed E-state index contributed by atoms with van der Waals surface area (Å²) in [6.07, 6.45) is 5.37. The molecule has 1 aliphatic heterocycles. The van der Waals surface area contributed by atoms with Crippen LogP contribution in [-0.2, 0) is 9.53 Å². The normalized spacial score (nSPS) is 29.0. The van der Waals surface area contributed by atoms with E-state index in [4.69, 9.17) is 10.5 Å². The Morgan fingerprint density at radius 2 is 2.00 bits per heavy atom. The van der Waals surface area contributed by atoms with E-state index in [9.17, 15) is 4.79 Å². The maximum atomic E-state index is 12.3. The monoisotopic (exact) mass is 373 g/mol. The maximum absolute atomic E-state index is 12.3. The largest absolute Gasteiger partial charge is 0.376 e. The fourth-order valence-electron chi connectivity index (χ4n) is 4.60. The Balaban J connectivity index is 1.38. The molecule has 1 aromatic rings. The first-order valence-corrected chi connectivity index (χ1v) is 10.5. The van der Waals surface area contributed by atoms with Crippen molar-refractivity contribution in [3.05, 3.63) is 35.9 Å². The molecule has 5 nitrogen and oxygen atoms in total. The lowest BCUT2D eigenvalue weighted by atomic mass is 9.88. The molecule has 3 rings (SSSR count). The molecule has 150 valence electrons. The zero-order valence-electron chi connectivity index (χ0n) is 16.6. The van der Waals surface area contributed by atoms with Crippen LogP contribution in [0.2, 0.25) is 0 Å². The predicted molar refractivity (Wildman–Crippen MR) is 109 cm³/mol. The third kappa shape index (κ3) is 5.77. The van der Waals surface area contributed by atoms with Gasteiger partial charge in [0.15, 0.2) is 0 Å². The number of likely N-dealkylation sites (tertiary alicyclic amines) is 1. The average Bonchev–Trinajstić information content (AvgIpc) is 3.10. The highest BCUT2D eigenvalue weighted by atomic mass is 16.5. The van der Waals surface area contributed by atoms with Crippen molar-refractivity contribution in [1.29, 1.82) is 0 Å². The molecule has 1 saturated carbocycles. The predicted octanol–water partition coefficient (Wildman–Crippen LogP) is 2.37. The SMILES string of the molecule is CC1CCCCC1OCCNC(=O)CN1C[C@@H](CN)[C@H](c2ccccc2)C1. The zero-order valence-corrected chi connectivity index (χ0v) is 16.6. The van der Waals surface area contributed by atoms with Crippen LogP contribution in [0, 0.1) is 11.8 Å². The molecule has 2 aliphatic rings. The molecule has 1 saturated heterocycles. The van der Waals surface area contributed by atoms with Crippen LogP contribution in [0.15, 0.2) is 30.3 Å². The van der Waals surface area contributed by atoms with E-state index in [1.54, 1.807) is 0 Å². The highest BCUT2D eigenvalue weighted by Gasteiger charge is 2.33. The summed E-state index contributed by atoms with van der Waals surface area (Å²) in [6, 6.07) is 10.5. The fraction of sp³-hybridized carbons (Fsp3) is 0.682. The number of carbonyl (C=O) groups is 1. The number of carbonyl (C=O) groups excluding carboxylic acids is 1. The Morgan fingerprint density at radius 3 is 2.74 bits per heavy atom. The summed E-state index contributed by atoms with van der Waals surface area (Å²) in [5.41, 5.74) is 7.32. The molecule has 5 heteroatoms. The molecule has 0 bridgehead atoms. The zero-order chi connectivity index (χ0) is 19.1. The number of benzene rings is 1. The molecule has 1 aromatic carbocycles. The highest BCUT2D eigenvalue weighted by Crippen LogP contribution is 2.31. The Kier molecular flexibility index (Phi) is 7.68. The summed E-state index contributed by atoms with van der Waals surface area (Å²) in [5, 5.41) is 3.01. The van der Waals surface area contributed by atoms with Crippen molar-refractivity contribution in [1.82, 2.24) is 10.2 Å². The van der Waals surface area contributed by atoms with Gasteiger partial charge in [-0.2, -0.15) is 0 Å². The lowest BCUT2D eigenvalue weighted by molar-refractivity contribution is -0.122. The first-order valence-electron chi connectivity index (χ1n) is 10.5. The van der Waals surface area contributed by atoms with Gasteiger partial charge in [-0.25, -0.2) is 0 Å². The third-order valence-corrected chi connectivity index (χ3v) is 6.20. The summed E-state index contributed by atoms with van der Waals surface area (Å²) >= 11 is 0. The first kappa shape index (κ1) is 20.3. The molecule has 0 aromatic heterocycles. The number of amides is 1. The van der Waals surface area contributed by atoms with Crippen LogP contribution in [0.25, 0.3) is 0 Å². The van der Waals surface area contributed by atoms with Gasteiger partial charge < -0.3 is 15.8 Å². The maximum Gasteiger partial charge on any atom is 0.234 e. The van der Waals surface area contributed by atoms with Crippen molar-refractivity contribution < 1.29 is 9.53 Å². The number of nitrogens with one attached hydrogen (secondary N) is 1. The van der Waals surface area contributed by atoms with E-state index in [2.05, 4.69) is 41.4 Å². The van der Waals surface area contributed by atoms with E-state index in [-0.39, 0.29) is 5.91 Å². The molecular weight excluding hydrogens is 338 g/mol. The van der Waals surface area contributed by atoms with Crippen LogP contribution in [0.5, 0.6) is 0 Å². The fourth-order valence-corrected chi connectivity index (χ4v) is 4.60. The van der Waals surface area contributed by atoms with E-state index in [1.165, 1.54) is 24.8 Å². The molecule has 2 unspecified atom stereocenters. The van der Waals surface area contributed by atoms with Gasteiger partial charge >= 0.3 is 0 Å². The van der Waals surface area contributed by atoms with Gasteiger partial charge in [0, 0.05) is 25.6 Å². The molecule has 2 fully saturated rings. The lowest BCUT2D eigenvalue weighted by Gasteiger charge is -2.28. The number of nitrogens with two attached hydrogens (primary N) is 1. The smallest absolute Gasteiger partial charge is 0.234 e. The van der Waals surface area contributed by atoms with E-state index < -0.39 is 0 Å². The van der Waals surface area contributed by atoms with Gasteiger partial charge in [-0.15, -0.1) is 0 Å². The van der Waals surface area contributed by atoms with Crippen LogP contribution >= 0.6 is 0 Å². The molecule has 0 spiro atoms. The van der Waals surface area contributed by atoms with Crippen molar-refractivity contribution in [2.24, 2.45) is 17.6 Å². The van der Waals surface area contributed by atoms with E-state index in [1.807, 2.05) is 6.07 Å². The molecular formula is C22H35N3O2. The summed E-state index contributed by atoms with van der Waals surface area (Å²) in [5.74, 6) is 1.55. The number of ether oxygens (including phenoxy) is 1. The van der Waals surface area contributed by atoms with Crippen molar-refractivity contribution in [2.45, 2.75) is 44.6 Å². The standard InChI is InChI=1S/C22H35N3O2/c1-17-7-5-6-10-21(17)27-12-11-24-22(26)16-25-14-19(13-23)20(15-25)18-8-3-2-4-9-18/h2-4,8-9,17,19-21H,5-7,10-16,23H2,1H3,(H,24,26)/t17?,19-,20+,21?/m1/s1. The summed E-state index contributed by atoms with van der Waals surface area (Å²) in [4.78, 5) is 14.5. The second-order valence-electron chi connectivity index (χ2n) is 8.23. The second kappa shape index (κ2) is 10.2. The first-order chi connectivity index (χ1) is 13.2. The summed E-state index contributed by atoms with van der Waals surface area (Å²) in [7, 11) is 0. The minimum atomic E-state index is 0.0831. The van der Waals surface area contributed by atoms with E-state index in [0.717, 1.165) is 19.5 Å². The molecule has 1 aliphatic carbocycles. The number of rotatable bonds is 8. The van der Waals surface area contributed by atoms with Crippen molar-refractivity contribution in [3.63, 3.8) is 0 Å². The lowest BCUT2D eigenvalue weighted by Crippen LogP contribution is -2.38. The third-order valence-electron chi connectivity index (χ3n) is 6.20. The molecule has 1 amide bonds. The minimum Gasteiger partial charge on any atom is -0.376 e. The van der Waals surface area contributed by atoms with Crippen molar-refractivity contribution in [3.8, 4) is 0 Å². The molecule has 1 heterocycles. The van der Waals surface area contributed by atoms with Crippen molar-refractivity contribution >= 4 is 5.91 Å². The van der Waals surface area contributed by atoms with E-state index in [0.29, 0.717) is 50.1 Å². The summed E-state index contributed by atoms with van der Waals surface area (Å²) < 4.78 is 5.98. The molecule has 3 N–H and O–H groups in total. The number of hydrogen-bond donors (Lipinski definition) is 2. The average molecular weight is 374 g/mol. The molecule has 0 radical (unpaired) electrons. The van der Waals surface area contributed by atoms with E-state index >= 15 is 0 Å². The number of hydrogen-bond acceptors (Lipinski definition) is 4. The van der Waals surface area contributed by atoms with Crippen LogP contribution in [-0.4, -0.2) is 56.2 Å². The Morgan fingerprint density at radius 1 is 1.22 bits per heavy atom. The van der Waals surface area contributed by atoms with Crippen LogP contribution in [0.4, 0.5) is 0 Å². The Labute approximate surface area is 163 Å². The van der Waals surface area contributed by atoms with Gasteiger partial charge in [0.05, 0.1) is 19.3 Å². The second-order valence-corrected chi connectivity index (χ2v) is 8.23. The van der Waals surface area contributed by atoms with Gasteiger partial charge in [0.25, 0.3) is 0 Å². The van der Waals surface area contributed by atoms with Crippen LogP contribution < -0.4 is 11.1 Å². The van der Waals surface area contributed by atoms with Crippen LogP contribution in [0.1, 0.15) is 44.1 Å². The summed E-state index contributed by atoms with van der Waals surface area (Å²) in [6.45, 7) is 6.36. The van der Waals surface area contributed by atoms with Crippen LogP contribution in [0.3, 0.4) is 0 Å². The highest BCUT2D eigenvalue weighted by molar-refractivity contribution is 5.78. The van der Waals surface area contributed by atoms with Gasteiger partial charge in [-0.05, 0) is 36.8 Å². The van der Waals surface area contributed by atoms with Gasteiger partial charge in [-0.3, -0.25) is 9.69 Å².